The van der Waals surface area contributed by atoms with Crippen LogP contribution < -0.4 is 5.73 Å². The second-order valence-electron chi connectivity index (χ2n) is 5.30. The van der Waals surface area contributed by atoms with E-state index in [-0.39, 0.29) is 5.92 Å². The van der Waals surface area contributed by atoms with Gasteiger partial charge in [0.15, 0.2) is 0 Å². The lowest BCUT2D eigenvalue weighted by Gasteiger charge is -2.24. The van der Waals surface area contributed by atoms with Crippen molar-refractivity contribution in [2.45, 2.75) is 25.9 Å². The van der Waals surface area contributed by atoms with E-state index in [0.717, 1.165) is 20.1 Å². The Labute approximate surface area is 142 Å². The summed E-state index contributed by atoms with van der Waals surface area (Å²) in [6.07, 6.45) is -0.649. The maximum atomic E-state index is 10.8. The van der Waals surface area contributed by atoms with Gasteiger partial charge in [0.25, 0.3) is 0 Å². The summed E-state index contributed by atoms with van der Waals surface area (Å²) in [5, 5.41) is 10.8. The fourth-order valence-corrected chi connectivity index (χ4v) is 3.26. The number of aryl methyl sites for hydroxylation is 2. The van der Waals surface area contributed by atoms with Crippen LogP contribution in [0, 0.1) is 13.8 Å². The van der Waals surface area contributed by atoms with E-state index in [1.807, 2.05) is 18.2 Å². The molecule has 112 valence electrons. The normalized spacial score (nSPS) is 14.0. The Morgan fingerprint density at radius 3 is 2.38 bits per heavy atom. The summed E-state index contributed by atoms with van der Waals surface area (Å²) in [5.41, 5.74) is 10.3. The molecule has 0 aliphatic heterocycles. The van der Waals surface area contributed by atoms with Crippen LogP contribution in [0.4, 0.5) is 0 Å². The van der Waals surface area contributed by atoms with Gasteiger partial charge in [0, 0.05) is 21.4 Å². The molecule has 0 amide bonds. The molecule has 0 saturated carbocycles. The summed E-state index contributed by atoms with van der Waals surface area (Å²) in [6.45, 7) is 4.55. The van der Waals surface area contributed by atoms with Gasteiger partial charge in [-0.1, -0.05) is 50.1 Å². The van der Waals surface area contributed by atoms with E-state index in [2.05, 4.69) is 63.9 Å². The Kier molecular flexibility index (Phi) is 5.60. The van der Waals surface area contributed by atoms with Gasteiger partial charge < -0.3 is 10.8 Å². The third-order valence-corrected chi connectivity index (χ3v) is 5.09. The number of nitrogens with two attached hydrogens (primary N) is 1. The van der Waals surface area contributed by atoms with Crippen LogP contribution in [-0.2, 0) is 0 Å². The maximum Gasteiger partial charge on any atom is 0.0881 e. The highest BCUT2D eigenvalue weighted by Crippen LogP contribution is 2.36. The van der Waals surface area contributed by atoms with Crippen molar-refractivity contribution in [3.63, 3.8) is 0 Å². The zero-order valence-corrected chi connectivity index (χ0v) is 15.3. The van der Waals surface area contributed by atoms with Crippen LogP contribution >= 0.6 is 31.9 Å². The summed E-state index contributed by atoms with van der Waals surface area (Å²) in [5.74, 6) is -0.130. The number of rotatable bonds is 4. The molecular weight excluding hydrogens is 394 g/mol. The monoisotopic (exact) mass is 411 g/mol. The second kappa shape index (κ2) is 7.05. The highest BCUT2D eigenvalue weighted by molar-refractivity contribution is 9.11. The van der Waals surface area contributed by atoms with Crippen LogP contribution in [0.25, 0.3) is 0 Å². The summed E-state index contributed by atoms with van der Waals surface area (Å²) < 4.78 is 1.83. The molecule has 0 bridgehead atoms. The largest absolute Gasteiger partial charge is 0.388 e. The van der Waals surface area contributed by atoms with Crippen molar-refractivity contribution in [1.82, 2.24) is 0 Å². The number of aliphatic hydroxyl groups excluding tert-OH is 1. The van der Waals surface area contributed by atoms with E-state index in [0.29, 0.717) is 6.54 Å². The first-order chi connectivity index (χ1) is 9.93. The van der Waals surface area contributed by atoms with Gasteiger partial charge >= 0.3 is 0 Å². The van der Waals surface area contributed by atoms with E-state index < -0.39 is 6.10 Å². The zero-order valence-electron chi connectivity index (χ0n) is 12.1. The van der Waals surface area contributed by atoms with Gasteiger partial charge in [0.05, 0.1) is 6.10 Å². The predicted octanol–water partition coefficient (Wildman–Crippen LogP) is 4.60. The number of halogens is 2. The maximum absolute atomic E-state index is 10.8. The van der Waals surface area contributed by atoms with Gasteiger partial charge in [-0.05, 0) is 54.3 Å². The predicted molar refractivity (Wildman–Crippen MR) is 94.5 cm³/mol. The number of hydrogen-bond donors (Lipinski definition) is 2. The van der Waals surface area contributed by atoms with E-state index in [1.165, 1.54) is 11.1 Å². The molecule has 2 aromatic rings. The van der Waals surface area contributed by atoms with Crippen LogP contribution in [0.2, 0.25) is 0 Å². The molecule has 0 spiro atoms. The Hall–Kier alpha value is -0.680. The van der Waals surface area contributed by atoms with Gasteiger partial charge in [-0.15, -0.1) is 0 Å². The molecule has 0 aliphatic carbocycles. The standard InChI is InChI=1S/C17H19Br2NO/c1-10-3-4-12(7-11(10)2)15(9-20)17(21)14-8-13(18)5-6-16(14)19/h3-8,15,17,21H,9,20H2,1-2H3. The molecule has 0 heterocycles. The average molecular weight is 413 g/mol. The Morgan fingerprint density at radius 2 is 1.76 bits per heavy atom. The van der Waals surface area contributed by atoms with Gasteiger partial charge in [0.2, 0.25) is 0 Å². The molecule has 3 N–H and O–H groups in total. The minimum absolute atomic E-state index is 0.130. The summed E-state index contributed by atoms with van der Waals surface area (Å²) in [7, 11) is 0. The first-order valence-electron chi connectivity index (χ1n) is 6.84. The second-order valence-corrected chi connectivity index (χ2v) is 7.07. The molecule has 2 nitrogen and oxygen atoms in total. The number of aliphatic hydroxyl groups is 1. The molecule has 0 fully saturated rings. The first kappa shape index (κ1) is 16.7. The van der Waals surface area contributed by atoms with Crippen molar-refractivity contribution in [3.05, 3.63) is 67.6 Å². The van der Waals surface area contributed by atoms with E-state index in [1.54, 1.807) is 0 Å². The van der Waals surface area contributed by atoms with Gasteiger partial charge in [-0.3, -0.25) is 0 Å². The molecule has 0 aliphatic rings. The van der Waals surface area contributed by atoms with Crippen LogP contribution in [-0.4, -0.2) is 11.7 Å². The molecule has 0 saturated heterocycles. The van der Waals surface area contributed by atoms with Crippen molar-refractivity contribution >= 4 is 31.9 Å². The Morgan fingerprint density at radius 1 is 1.05 bits per heavy atom. The minimum atomic E-state index is -0.649. The van der Waals surface area contributed by atoms with Crippen molar-refractivity contribution in [2.24, 2.45) is 5.73 Å². The summed E-state index contributed by atoms with van der Waals surface area (Å²) >= 11 is 6.96. The Balaban J connectivity index is 2.40. The highest BCUT2D eigenvalue weighted by atomic mass is 79.9. The molecule has 2 rings (SSSR count). The third kappa shape index (κ3) is 3.75. The molecule has 2 unspecified atom stereocenters. The smallest absolute Gasteiger partial charge is 0.0881 e. The third-order valence-electron chi connectivity index (χ3n) is 3.87. The van der Waals surface area contributed by atoms with Crippen molar-refractivity contribution in [1.29, 1.82) is 0 Å². The minimum Gasteiger partial charge on any atom is -0.388 e. The molecular formula is C17H19Br2NO. The first-order valence-corrected chi connectivity index (χ1v) is 8.43. The van der Waals surface area contributed by atoms with Gasteiger partial charge in [0.1, 0.15) is 0 Å². The van der Waals surface area contributed by atoms with Crippen LogP contribution in [0.5, 0.6) is 0 Å². The lowest BCUT2D eigenvalue weighted by atomic mass is 9.88. The van der Waals surface area contributed by atoms with Crippen molar-refractivity contribution < 1.29 is 5.11 Å². The molecule has 2 atom stereocenters. The molecule has 0 aromatic heterocycles. The van der Waals surface area contributed by atoms with Crippen LogP contribution in [0.1, 0.15) is 34.3 Å². The van der Waals surface area contributed by atoms with Crippen molar-refractivity contribution in [3.8, 4) is 0 Å². The topological polar surface area (TPSA) is 46.2 Å². The van der Waals surface area contributed by atoms with Crippen molar-refractivity contribution in [2.75, 3.05) is 6.54 Å². The van der Waals surface area contributed by atoms with E-state index in [9.17, 15) is 5.11 Å². The lowest BCUT2D eigenvalue weighted by molar-refractivity contribution is 0.146. The van der Waals surface area contributed by atoms with Gasteiger partial charge in [-0.2, -0.15) is 0 Å². The molecule has 4 heteroatoms. The van der Waals surface area contributed by atoms with Gasteiger partial charge in [-0.25, -0.2) is 0 Å². The Bertz CT molecular complexity index is 643. The quantitative estimate of drug-likeness (QED) is 0.770. The fraction of sp³-hybridized carbons (Fsp3) is 0.294. The summed E-state index contributed by atoms with van der Waals surface area (Å²) in [4.78, 5) is 0. The van der Waals surface area contributed by atoms with Crippen LogP contribution in [0.15, 0.2) is 45.3 Å². The molecule has 2 aromatic carbocycles. The van der Waals surface area contributed by atoms with E-state index >= 15 is 0 Å². The number of benzene rings is 2. The summed E-state index contributed by atoms with van der Waals surface area (Å²) in [6, 6.07) is 12.0. The average Bonchev–Trinajstić information content (AvgIpc) is 2.46. The van der Waals surface area contributed by atoms with Crippen LogP contribution in [0.3, 0.4) is 0 Å². The SMILES string of the molecule is Cc1ccc(C(CN)C(O)c2cc(Br)ccc2Br)cc1C. The van der Waals surface area contributed by atoms with E-state index in [4.69, 9.17) is 5.73 Å². The fourth-order valence-electron chi connectivity index (χ4n) is 2.40. The number of hydrogen-bond acceptors (Lipinski definition) is 2. The zero-order chi connectivity index (χ0) is 15.6. The molecule has 21 heavy (non-hydrogen) atoms. The lowest BCUT2D eigenvalue weighted by Crippen LogP contribution is -2.20. The molecule has 0 radical (unpaired) electrons. The highest BCUT2D eigenvalue weighted by Gasteiger charge is 2.23.